The minimum absolute atomic E-state index is 0.0142. The number of nitrogens with one attached hydrogen (secondary N) is 1. The van der Waals surface area contributed by atoms with Crippen molar-refractivity contribution in [1.82, 2.24) is 10.3 Å². The van der Waals surface area contributed by atoms with Crippen LogP contribution in [0.15, 0.2) is 30.5 Å². The van der Waals surface area contributed by atoms with Crippen LogP contribution in [0.5, 0.6) is 0 Å². The van der Waals surface area contributed by atoms with Crippen molar-refractivity contribution in [3.63, 3.8) is 0 Å². The van der Waals surface area contributed by atoms with Crippen LogP contribution in [-0.2, 0) is 4.79 Å². The predicted molar refractivity (Wildman–Crippen MR) is 82.0 cm³/mol. The molecule has 104 valence electrons. The monoisotopic (exact) mass is 306 g/mol. The molecular formula is C14H14N2O2S2. The number of carboxylic acids is 1. The van der Waals surface area contributed by atoms with Crippen LogP contribution in [0.1, 0.15) is 15.9 Å². The van der Waals surface area contributed by atoms with Gasteiger partial charge in [-0.2, -0.15) is 0 Å². The lowest BCUT2D eigenvalue weighted by Gasteiger charge is -2.06. The van der Waals surface area contributed by atoms with E-state index in [1.54, 1.807) is 23.1 Å². The lowest BCUT2D eigenvalue weighted by atomic mass is 10.1. The van der Waals surface area contributed by atoms with E-state index in [1.165, 1.54) is 5.56 Å². The van der Waals surface area contributed by atoms with E-state index in [4.69, 9.17) is 5.11 Å². The molecule has 1 aromatic carbocycles. The molecule has 2 aromatic rings. The highest BCUT2D eigenvalue weighted by molar-refractivity contribution is 7.99. The van der Waals surface area contributed by atoms with Crippen LogP contribution in [0.3, 0.4) is 0 Å². The molecule has 0 bridgehead atoms. The topological polar surface area (TPSA) is 62.2 Å². The maximum Gasteiger partial charge on any atom is 0.321 e. The number of thiazole rings is 1. The van der Waals surface area contributed by atoms with Crippen LogP contribution >= 0.6 is 23.1 Å². The van der Waals surface area contributed by atoms with Gasteiger partial charge in [0.05, 0.1) is 4.88 Å². The number of aryl methyl sites for hydroxylation is 1. The summed E-state index contributed by atoms with van der Waals surface area (Å²) in [7, 11) is 0. The van der Waals surface area contributed by atoms with Crippen LogP contribution < -0.4 is 5.32 Å². The van der Waals surface area contributed by atoms with Crippen molar-refractivity contribution in [2.45, 2.75) is 18.3 Å². The first kappa shape index (κ1) is 13.6. The van der Waals surface area contributed by atoms with Gasteiger partial charge in [0.1, 0.15) is 16.4 Å². The highest BCUT2D eigenvalue weighted by Crippen LogP contribution is 2.37. The molecule has 0 saturated carbocycles. The zero-order valence-electron chi connectivity index (χ0n) is 10.9. The molecule has 1 aliphatic heterocycles. The average molecular weight is 306 g/mol. The molecule has 6 heteroatoms. The molecule has 1 fully saturated rings. The molecule has 20 heavy (non-hydrogen) atoms. The van der Waals surface area contributed by atoms with Crippen molar-refractivity contribution < 1.29 is 9.90 Å². The largest absolute Gasteiger partial charge is 0.480 e. The quantitative estimate of drug-likeness (QED) is 0.913. The Hall–Kier alpha value is -1.37. The van der Waals surface area contributed by atoms with Crippen molar-refractivity contribution in [3.8, 4) is 10.4 Å². The number of rotatable bonds is 3. The number of thioether (sulfide) groups is 1. The molecule has 2 atom stereocenters. The van der Waals surface area contributed by atoms with E-state index in [0.717, 1.165) is 15.4 Å². The van der Waals surface area contributed by atoms with Crippen molar-refractivity contribution in [3.05, 3.63) is 41.0 Å². The number of benzene rings is 1. The first-order chi connectivity index (χ1) is 9.63. The van der Waals surface area contributed by atoms with Gasteiger partial charge in [-0.05, 0) is 12.5 Å². The number of hydrogen-bond donors (Lipinski definition) is 2. The van der Waals surface area contributed by atoms with E-state index in [0.29, 0.717) is 5.75 Å². The van der Waals surface area contributed by atoms with Crippen LogP contribution in [0.4, 0.5) is 0 Å². The van der Waals surface area contributed by atoms with Crippen LogP contribution in [0.2, 0.25) is 0 Å². The summed E-state index contributed by atoms with van der Waals surface area (Å²) >= 11 is 3.22. The summed E-state index contributed by atoms with van der Waals surface area (Å²) < 4.78 is 0. The molecular weight excluding hydrogens is 292 g/mol. The molecule has 2 unspecified atom stereocenters. The highest BCUT2D eigenvalue weighted by atomic mass is 32.2. The van der Waals surface area contributed by atoms with Gasteiger partial charge in [-0.1, -0.05) is 29.8 Å². The van der Waals surface area contributed by atoms with Crippen molar-refractivity contribution in [2.75, 3.05) is 5.75 Å². The third-order valence-electron chi connectivity index (χ3n) is 3.13. The fraction of sp³-hybridized carbons (Fsp3) is 0.286. The van der Waals surface area contributed by atoms with Crippen LogP contribution in [0, 0.1) is 6.92 Å². The molecule has 1 saturated heterocycles. The molecule has 0 radical (unpaired) electrons. The zero-order chi connectivity index (χ0) is 14.1. The van der Waals surface area contributed by atoms with Crippen LogP contribution in [-0.4, -0.2) is 27.9 Å². The molecule has 3 rings (SSSR count). The van der Waals surface area contributed by atoms with Crippen LogP contribution in [0.25, 0.3) is 10.4 Å². The molecule has 1 aliphatic rings. The molecule has 0 aliphatic carbocycles. The van der Waals surface area contributed by atoms with Gasteiger partial charge in [-0.25, -0.2) is 4.98 Å². The second kappa shape index (κ2) is 5.55. The van der Waals surface area contributed by atoms with Gasteiger partial charge < -0.3 is 5.11 Å². The van der Waals surface area contributed by atoms with Gasteiger partial charge in [-0.15, -0.1) is 23.1 Å². The Balaban J connectivity index is 1.79. The minimum Gasteiger partial charge on any atom is -0.480 e. The Morgan fingerprint density at radius 1 is 1.50 bits per heavy atom. The molecule has 2 N–H and O–H groups in total. The summed E-state index contributed by atoms with van der Waals surface area (Å²) in [5.41, 5.74) is 2.38. The molecule has 1 aromatic heterocycles. The zero-order valence-corrected chi connectivity index (χ0v) is 12.5. The van der Waals surface area contributed by atoms with Gasteiger partial charge in [0.25, 0.3) is 0 Å². The Morgan fingerprint density at radius 2 is 2.35 bits per heavy atom. The van der Waals surface area contributed by atoms with E-state index in [2.05, 4.69) is 35.4 Å². The van der Waals surface area contributed by atoms with Gasteiger partial charge >= 0.3 is 5.97 Å². The Labute approximate surface area is 125 Å². The third kappa shape index (κ3) is 2.72. The van der Waals surface area contributed by atoms with Gasteiger partial charge in [0, 0.05) is 11.9 Å². The maximum absolute atomic E-state index is 10.9. The lowest BCUT2D eigenvalue weighted by Crippen LogP contribution is -2.33. The SMILES string of the molecule is Cc1cccc(-c2cnc(C3NC(C(=O)O)CS3)s2)c1. The molecule has 2 heterocycles. The van der Waals surface area contributed by atoms with E-state index in [9.17, 15) is 4.79 Å². The van der Waals surface area contributed by atoms with Crippen molar-refractivity contribution in [2.24, 2.45) is 0 Å². The summed E-state index contributed by atoms with van der Waals surface area (Å²) in [5.74, 6) is -0.213. The Kier molecular flexibility index (Phi) is 3.78. The first-order valence-corrected chi connectivity index (χ1v) is 8.13. The second-order valence-corrected chi connectivity index (χ2v) is 6.90. The van der Waals surface area contributed by atoms with E-state index in [-0.39, 0.29) is 5.37 Å². The fourth-order valence-electron chi connectivity index (χ4n) is 2.10. The maximum atomic E-state index is 10.9. The Bertz CT molecular complexity index is 642. The number of hydrogen-bond acceptors (Lipinski definition) is 5. The first-order valence-electron chi connectivity index (χ1n) is 6.27. The summed E-state index contributed by atoms with van der Waals surface area (Å²) in [4.78, 5) is 16.5. The number of carbonyl (C=O) groups is 1. The fourth-order valence-corrected chi connectivity index (χ4v) is 4.39. The normalized spacial score (nSPS) is 22.1. The van der Waals surface area contributed by atoms with Crippen molar-refractivity contribution >= 4 is 29.1 Å². The number of aromatic nitrogens is 1. The second-order valence-electron chi connectivity index (χ2n) is 4.70. The van der Waals surface area contributed by atoms with Gasteiger partial charge in [-0.3, -0.25) is 10.1 Å². The van der Waals surface area contributed by atoms with Crippen molar-refractivity contribution in [1.29, 1.82) is 0 Å². The average Bonchev–Trinajstić information content (AvgIpc) is 3.08. The molecule has 0 amide bonds. The lowest BCUT2D eigenvalue weighted by molar-refractivity contribution is -0.138. The number of carboxylic acid groups (broad SMARTS) is 1. The molecule has 4 nitrogen and oxygen atoms in total. The third-order valence-corrected chi connectivity index (χ3v) is 5.61. The predicted octanol–water partition coefficient (Wildman–Crippen LogP) is 2.91. The Morgan fingerprint density at radius 3 is 3.05 bits per heavy atom. The summed E-state index contributed by atoms with van der Waals surface area (Å²) in [6, 6.07) is 7.83. The highest BCUT2D eigenvalue weighted by Gasteiger charge is 2.31. The summed E-state index contributed by atoms with van der Waals surface area (Å²) in [6.45, 7) is 2.07. The van der Waals surface area contributed by atoms with E-state index in [1.807, 2.05) is 12.3 Å². The molecule has 0 spiro atoms. The standard InChI is InChI=1S/C14H14N2O2S2/c1-8-3-2-4-9(5-8)11-6-15-12(20-11)13-16-10(7-19-13)14(17)18/h2-6,10,13,16H,7H2,1H3,(H,17,18). The van der Waals surface area contributed by atoms with E-state index >= 15 is 0 Å². The number of aliphatic carboxylic acids is 1. The smallest absolute Gasteiger partial charge is 0.321 e. The number of nitrogens with zero attached hydrogens (tertiary/aromatic N) is 1. The summed E-state index contributed by atoms with van der Waals surface area (Å²) in [5, 5.41) is 13.0. The van der Waals surface area contributed by atoms with E-state index < -0.39 is 12.0 Å². The minimum atomic E-state index is -0.796. The van der Waals surface area contributed by atoms with Gasteiger partial charge in [0.15, 0.2) is 0 Å². The summed E-state index contributed by atoms with van der Waals surface area (Å²) in [6.07, 6.45) is 1.87. The van der Waals surface area contributed by atoms with Gasteiger partial charge in [0.2, 0.25) is 0 Å².